The maximum absolute atomic E-state index is 13.5. The number of aromatic amines is 1. The lowest BCUT2D eigenvalue weighted by Gasteiger charge is -2.28. The van der Waals surface area contributed by atoms with Gasteiger partial charge in [-0.3, -0.25) is 14.6 Å². The molecule has 12 nitrogen and oxygen atoms in total. The monoisotopic (exact) mass is 511 g/mol. The zero-order chi connectivity index (χ0) is 26.8. The number of carbonyl (C=O) groups is 2. The fourth-order valence-electron chi connectivity index (χ4n) is 4.43. The molecule has 1 amide bonds. The molecular formula is C26H25N9O3. The summed E-state index contributed by atoms with van der Waals surface area (Å²) in [5.41, 5.74) is 9.50. The van der Waals surface area contributed by atoms with E-state index < -0.39 is 11.7 Å². The van der Waals surface area contributed by atoms with Crippen LogP contribution in [0.15, 0.2) is 55.9 Å². The summed E-state index contributed by atoms with van der Waals surface area (Å²) in [6, 6.07) is 5.60. The maximum Gasteiger partial charge on any atom is 0.295 e. The molecule has 12 heteroatoms. The highest BCUT2D eigenvalue weighted by molar-refractivity contribution is 6.42. The first-order valence-corrected chi connectivity index (χ1v) is 11.8. The zero-order valence-electron chi connectivity index (χ0n) is 20.9. The van der Waals surface area contributed by atoms with Gasteiger partial charge in [0.05, 0.1) is 46.9 Å². The molecule has 0 bridgehead atoms. The van der Waals surface area contributed by atoms with Crippen molar-refractivity contribution in [1.82, 2.24) is 39.6 Å². The number of ether oxygens (including phenoxy) is 1. The predicted molar refractivity (Wildman–Crippen MR) is 137 cm³/mol. The minimum atomic E-state index is -0.719. The van der Waals surface area contributed by atoms with Gasteiger partial charge in [0.1, 0.15) is 24.2 Å². The average Bonchev–Trinajstić information content (AvgIpc) is 3.59. The number of pyridine rings is 1. The van der Waals surface area contributed by atoms with Crippen LogP contribution in [0.4, 0.5) is 0 Å². The van der Waals surface area contributed by atoms with Gasteiger partial charge in [0, 0.05) is 24.5 Å². The van der Waals surface area contributed by atoms with Gasteiger partial charge in [-0.2, -0.15) is 5.10 Å². The second-order valence-corrected chi connectivity index (χ2v) is 8.51. The van der Waals surface area contributed by atoms with Crippen LogP contribution < -0.4 is 16.3 Å². The van der Waals surface area contributed by atoms with E-state index >= 15 is 0 Å². The molecule has 4 aromatic rings. The van der Waals surface area contributed by atoms with Crippen molar-refractivity contribution < 1.29 is 14.3 Å². The number of methoxy groups -OCH3 is 1. The largest absolute Gasteiger partial charge is 0.496 e. The summed E-state index contributed by atoms with van der Waals surface area (Å²) in [6.07, 6.45) is 7.97. The smallest absolute Gasteiger partial charge is 0.295 e. The van der Waals surface area contributed by atoms with Crippen LogP contribution in [0.5, 0.6) is 0 Å². The minimum absolute atomic E-state index is 0.101. The molecule has 1 aliphatic rings. The molecule has 0 fully saturated rings. The SMILES string of the molecule is C=C/C(OC)=c1/c(C(=O)C(=O)N2CCc3c(ncnc3-c3ccccn3)C2)c[nH]/c1=C(/N)n1cnc(C)n1. The van der Waals surface area contributed by atoms with E-state index in [0.29, 0.717) is 35.1 Å². The summed E-state index contributed by atoms with van der Waals surface area (Å²) in [5, 5.41) is 4.88. The van der Waals surface area contributed by atoms with Crippen molar-refractivity contribution in [2.75, 3.05) is 13.7 Å². The number of nitrogens with two attached hydrogens (primary N) is 1. The van der Waals surface area contributed by atoms with Crippen LogP contribution in [-0.2, 0) is 22.5 Å². The maximum atomic E-state index is 13.5. The summed E-state index contributed by atoms with van der Waals surface area (Å²) < 4.78 is 6.83. The van der Waals surface area contributed by atoms with Crippen LogP contribution in [0.1, 0.15) is 27.4 Å². The molecule has 0 saturated carbocycles. The van der Waals surface area contributed by atoms with E-state index in [0.717, 1.165) is 17.0 Å². The standard InChI is InChI=1S/C26H25N9O3/c1-4-20(38-3)21-17(11-29-23(21)25(27)35-14-32-15(2)33-35)24(36)26(37)34-10-8-16-19(12-34)30-13-31-22(16)18-7-5-6-9-28-18/h4-7,9,11,13-14,29H,1,8,10,12,27H2,2-3H3/b21-20+,25-23-. The number of aromatic nitrogens is 7. The van der Waals surface area contributed by atoms with Gasteiger partial charge in [-0.05, 0) is 31.6 Å². The number of rotatable bonds is 6. The number of fused-ring (bicyclic) bond motifs is 1. The molecule has 0 unspecified atom stereocenters. The Labute approximate surface area is 217 Å². The Morgan fingerprint density at radius 3 is 2.74 bits per heavy atom. The van der Waals surface area contributed by atoms with Crippen LogP contribution in [0.25, 0.3) is 23.0 Å². The first-order chi connectivity index (χ1) is 18.4. The molecule has 0 saturated heterocycles. The lowest BCUT2D eigenvalue weighted by molar-refractivity contribution is -0.127. The molecule has 3 N–H and O–H groups in total. The summed E-state index contributed by atoms with van der Waals surface area (Å²) in [6.45, 7) is 5.99. The number of aryl methyl sites for hydroxylation is 1. The molecule has 192 valence electrons. The molecule has 4 aromatic heterocycles. The number of nitrogens with one attached hydrogen (secondary N) is 1. The topological polar surface area (TPSA) is 158 Å². The predicted octanol–water partition coefficient (Wildman–Crippen LogP) is 0.0475. The number of nitrogens with zero attached hydrogens (tertiary/aromatic N) is 7. The Morgan fingerprint density at radius 2 is 2.05 bits per heavy atom. The Hall–Kier alpha value is -5.13. The van der Waals surface area contributed by atoms with Crippen LogP contribution in [0, 0.1) is 6.92 Å². The van der Waals surface area contributed by atoms with Crippen LogP contribution in [0.2, 0.25) is 0 Å². The van der Waals surface area contributed by atoms with Gasteiger partial charge < -0.3 is 20.4 Å². The minimum Gasteiger partial charge on any atom is -0.496 e. The third kappa shape index (κ3) is 4.32. The third-order valence-corrected chi connectivity index (χ3v) is 6.28. The summed E-state index contributed by atoms with van der Waals surface area (Å²) in [7, 11) is 1.44. The molecule has 0 atom stereocenters. The Kier molecular flexibility index (Phi) is 6.52. The number of hydrogen-bond acceptors (Lipinski definition) is 9. The molecule has 0 spiro atoms. The van der Waals surface area contributed by atoms with Crippen molar-refractivity contribution in [2.24, 2.45) is 5.73 Å². The number of carbonyl (C=O) groups excluding carboxylic acids is 2. The zero-order valence-corrected chi connectivity index (χ0v) is 20.9. The van der Waals surface area contributed by atoms with Gasteiger partial charge in [-0.15, -0.1) is 0 Å². The highest BCUT2D eigenvalue weighted by Crippen LogP contribution is 2.26. The van der Waals surface area contributed by atoms with Crippen molar-refractivity contribution in [3.8, 4) is 11.4 Å². The first-order valence-electron chi connectivity index (χ1n) is 11.8. The fourth-order valence-corrected chi connectivity index (χ4v) is 4.43. The number of hydrogen-bond donors (Lipinski definition) is 2. The Balaban J connectivity index is 1.51. The number of H-pyrrole nitrogens is 1. The van der Waals surface area contributed by atoms with E-state index in [-0.39, 0.29) is 23.7 Å². The number of Topliss-reactive ketones (excluding diaryl/α,β-unsaturated/α-hetero) is 1. The highest BCUT2D eigenvalue weighted by Gasteiger charge is 2.30. The summed E-state index contributed by atoms with van der Waals surface area (Å²) >= 11 is 0. The number of ketones is 1. The molecule has 0 radical (unpaired) electrons. The van der Waals surface area contributed by atoms with Crippen molar-refractivity contribution in [1.29, 1.82) is 0 Å². The van der Waals surface area contributed by atoms with E-state index in [1.165, 1.54) is 41.6 Å². The van der Waals surface area contributed by atoms with Crippen LogP contribution >= 0.6 is 0 Å². The van der Waals surface area contributed by atoms with E-state index in [1.807, 2.05) is 18.2 Å². The molecule has 0 aromatic carbocycles. The van der Waals surface area contributed by atoms with E-state index in [1.54, 1.807) is 13.1 Å². The van der Waals surface area contributed by atoms with Crippen LogP contribution in [-0.4, -0.2) is 64.9 Å². The summed E-state index contributed by atoms with van der Waals surface area (Å²) in [5.74, 6) is -0.422. The van der Waals surface area contributed by atoms with Crippen molar-refractivity contribution in [3.05, 3.63) is 89.1 Å². The molecule has 38 heavy (non-hydrogen) atoms. The summed E-state index contributed by atoms with van der Waals surface area (Å²) in [4.78, 5) is 48.7. The normalized spacial score (nSPS) is 14.4. The van der Waals surface area contributed by atoms with E-state index in [2.05, 4.69) is 36.6 Å². The van der Waals surface area contributed by atoms with Crippen molar-refractivity contribution >= 4 is 23.3 Å². The lowest BCUT2D eigenvalue weighted by Crippen LogP contribution is -2.43. The van der Waals surface area contributed by atoms with E-state index in [4.69, 9.17) is 10.5 Å². The van der Waals surface area contributed by atoms with Crippen molar-refractivity contribution in [2.45, 2.75) is 19.9 Å². The quantitative estimate of drug-likeness (QED) is 0.269. The second-order valence-electron chi connectivity index (χ2n) is 8.51. The molecule has 1 aliphatic heterocycles. The van der Waals surface area contributed by atoms with Gasteiger partial charge in [0.15, 0.2) is 5.82 Å². The van der Waals surface area contributed by atoms with Gasteiger partial charge in [0.2, 0.25) is 0 Å². The molecule has 0 aliphatic carbocycles. The first kappa shape index (κ1) is 24.6. The van der Waals surface area contributed by atoms with Gasteiger partial charge in [-0.25, -0.2) is 19.6 Å². The average molecular weight is 512 g/mol. The number of amides is 1. The van der Waals surface area contributed by atoms with E-state index in [9.17, 15) is 9.59 Å². The van der Waals surface area contributed by atoms with Gasteiger partial charge >= 0.3 is 0 Å². The van der Waals surface area contributed by atoms with Gasteiger partial charge in [0.25, 0.3) is 11.7 Å². The van der Waals surface area contributed by atoms with Crippen molar-refractivity contribution in [3.63, 3.8) is 0 Å². The molecule has 5 rings (SSSR count). The Bertz CT molecular complexity index is 1670. The molecule has 5 heterocycles. The Morgan fingerprint density at radius 1 is 1.21 bits per heavy atom. The third-order valence-electron chi connectivity index (χ3n) is 6.28. The second kappa shape index (κ2) is 10.1. The van der Waals surface area contributed by atoms with Gasteiger partial charge in [-0.1, -0.05) is 12.6 Å². The highest BCUT2D eigenvalue weighted by atomic mass is 16.5. The lowest BCUT2D eigenvalue weighted by atomic mass is 10.00. The van der Waals surface area contributed by atoms with Crippen LogP contribution in [0.3, 0.4) is 0 Å². The molecular weight excluding hydrogens is 486 g/mol. The fraction of sp³-hybridized carbons (Fsp3) is 0.192.